The molecular weight excluding hydrogens is 298 g/mol. The Balaban J connectivity index is 1.63. The van der Waals surface area contributed by atoms with E-state index in [-0.39, 0.29) is 12.1 Å². The van der Waals surface area contributed by atoms with Gasteiger partial charge in [0.05, 0.1) is 0 Å². The minimum atomic E-state index is 0.219. The first kappa shape index (κ1) is 13.9. The normalized spacial score (nSPS) is 21.2. The van der Waals surface area contributed by atoms with Gasteiger partial charge in [-0.2, -0.15) is 0 Å². The highest BCUT2D eigenvalue weighted by Crippen LogP contribution is 2.35. The van der Waals surface area contributed by atoms with E-state index in [4.69, 9.17) is 9.84 Å². The van der Waals surface area contributed by atoms with Crippen LogP contribution in [-0.4, -0.2) is 15.9 Å². The van der Waals surface area contributed by atoms with Gasteiger partial charge >= 0.3 is 5.82 Å². The molecule has 24 heavy (non-hydrogen) atoms. The maximum atomic E-state index is 6.11. The Morgan fingerprint density at radius 2 is 1.92 bits per heavy atom. The second-order valence-electron chi connectivity index (χ2n) is 6.93. The lowest BCUT2D eigenvalue weighted by Crippen LogP contribution is -2.51. The molecule has 2 aromatic carbocycles. The Hall–Kier alpha value is -2.46. The van der Waals surface area contributed by atoms with Gasteiger partial charge in [0.1, 0.15) is 24.4 Å². The predicted molar refractivity (Wildman–Crippen MR) is 90.1 cm³/mol. The topological polar surface area (TPSA) is 30.9 Å². The molecule has 2 aliphatic rings. The van der Waals surface area contributed by atoms with Crippen LogP contribution in [-0.2, 0) is 17.8 Å². The molecule has 5 rings (SSSR count). The molecule has 1 aliphatic carbocycles. The zero-order valence-corrected chi connectivity index (χ0v) is 13.9. The zero-order chi connectivity index (χ0) is 16.3. The molecule has 4 nitrogen and oxygen atoms in total. The van der Waals surface area contributed by atoms with Crippen LogP contribution in [0.1, 0.15) is 34.1 Å². The Morgan fingerprint density at radius 1 is 1.12 bits per heavy atom. The van der Waals surface area contributed by atoms with Crippen LogP contribution in [0.3, 0.4) is 0 Å². The van der Waals surface area contributed by atoms with Crippen LogP contribution in [0.5, 0.6) is 0 Å². The number of hydrogen-bond donors (Lipinski definition) is 0. The molecule has 0 N–H and O–H groups in total. The number of nitrogens with zero attached hydrogens (tertiary/aromatic N) is 3. The van der Waals surface area contributed by atoms with Crippen molar-refractivity contribution in [2.45, 2.75) is 39.0 Å². The third-order valence-electron chi connectivity index (χ3n) is 5.10. The Bertz CT molecular complexity index is 924. The minimum Gasteiger partial charge on any atom is -0.363 e. The molecule has 3 aromatic rings. The fourth-order valence-corrected chi connectivity index (χ4v) is 4.13. The fourth-order valence-electron chi connectivity index (χ4n) is 4.13. The van der Waals surface area contributed by atoms with E-state index >= 15 is 0 Å². The van der Waals surface area contributed by atoms with Gasteiger partial charge in [-0.05, 0) is 48.2 Å². The van der Waals surface area contributed by atoms with Crippen molar-refractivity contribution in [1.82, 2.24) is 9.78 Å². The van der Waals surface area contributed by atoms with Crippen molar-refractivity contribution in [3.63, 3.8) is 0 Å². The molecule has 0 radical (unpaired) electrons. The summed E-state index contributed by atoms with van der Waals surface area (Å²) in [4.78, 5) is 0. The lowest BCUT2D eigenvalue weighted by Gasteiger charge is -2.23. The van der Waals surface area contributed by atoms with Gasteiger partial charge in [-0.1, -0.05) is 35.0 Å². The van der Waals surface area contributed by atoms with Crippen molar-refractivity contribution < 1.29 is 9.30 Å². The molecule has 1 aliphatic heterocycles. The number of ether oxygens (including phenoxy) is 1. The summed E-state index contributed by atoms with van der Waals surface area (Å²) in [5.41, 5.74) is 6.38. The van der Waals surface area contributed by atoms with Crippen LogP contribution in [0, 0.1) is 13.8 Å². The lowest BCUT2D eigenvalue weighted by atomic mass is 10.1. The summed E-state index contributed by atoms with van der Waals surface area (Å²) in [6, 6.07) is 15.4. The van der Waals surface area contributed by atoms with Gasteiger partial charge in [-0.3, -0.25) is 0 Å². The van der Waals surface area contributed by atoms with Crippen molar-refractivity contribution in [2.75, 3.05) is 0 Å². The number of hydrogen-bond acceptors (Lipinski definition) is 2. The van der Waals surface area contributed by atoms with E-state index in [1.54, 1.807) is 0 Å². The molecule has 0 bridgehead atoms. The fraction of sp³-hybridized carbons (Fsp3) is 0.300. The van der Waals surface area contributed by atoms with Crippen LogP contribution in [0.25, 0.3) is 5.69 Å². The van der Waals surface area contributed by atoms with Gasteiger partial charge in [-0.25, -0.2) is 4.57 Å². The summed E-state index contributed by atoms with van der Waals surface area (Å²) in [5.74, 6) is 0.993. The summed E-state index contributed by atoms with van der Waals surface area (Å²) in [5, 5.41) is 4.79. The van der Waals surface area contributed by atoms with Crippen LogP contribution in [0.4, 0.5) is 0 Å². The maximum Gasteiger partial charge on any atom is 0.304 e. The van der Waals surface area contributed by atoms with E-state index in [1.165, 1.54) is 22.3 Å². The first-order valence-corrected chi connectivity index (χ1v) is 8.47. The van der Waals surface area contributed by atoms with E-state index in [2.05, 4.69) is 67.2 Å². The van der Waals surface area contributed by atoms with Gasteiger partial charge in [0, 0.05) is 11.5 Å². The van der Waals surface area contributed by atoms with Crippen LogP contribution >= 0.6 is 0 Å². The third kappa shape index (κ3) is 2.03. The third-order valence-corrected chi connectivity index (χ3v) is 5.10. The average molecular weight is 318 g/mol. The number of rotatable bonds is 1. The van der Waals surface area contributed by atoms with E-state index in [0.717, 1.165) is 17.9 Å². The molecule has 120 valence electrons. The van der Waals surface area contributed by atoms with E-state index < -0.39 is 0 Å². The molecular formula is C20H20N3O+. The zero-order valence-electron chi connectivity index (χ0n) is 13.9. The summed E-state index contributed by atoms with van der Waals surface area (Å²) >= 11 is 0. The Morgan fingerprint density at radius 3 is 2.75 bits per heavy atom. The summed E-state index contributed by atoms with van der Waals surface area (Å²) in [6.07, 6.45) is 3.34. The monoisotopic (exact) mass is 318 g/mol. The minimum absolute atomic E-state index is 0.219. The highest BCUT2D eigenvalue weighted by molar-refractivity contribution is 5.38. The van der Waals surface area contributed by atoms with Crippen LogP contribution in [0.15, 0.2) is 48.8 Å². The van der Waals surface area contributed by atoms with Crippen molar-refractivity contribution in [3.8, 4) is 5.69 Å². The van der Waals surface area contributed by atoms with Crippen LogP contribution in [0.2, 0.25) is 0 Å². The SMILES string of the molecule is Cc1cc(C)cc(-n2c[n+]3c(n2)CO[C@@H]2Cc4ccccc4[C@@H]23)c1. The molecule has 1 aromatic heterocycles. The molecule has 0 saturated carbocycles. The number of aromatic nitrogens is 3. The van der Waals surface area contributed by atoms with E-state index in [0.29, 0.717) is 6.61 Å². The lowest BCUT2D eigenvalue weighted by molar-refractivity contribution is -0.739. The van der Waals surface area contributed by atoms with Crippen molar-refractivity contribution in [3.05, 3.63) is 76.9 Å². The smallest absolute Gasteiger partial charge is 0.304 e. The largest absolute Gasteiger partial charge is 0.363 e. The quantitative estimate of drug-likeness (QED) is 0.646. The molecule has 0 spiro atoms. The molecule has 0 fully saturated rings. The molecule has 0 saturated heterocycles. The molecule has 2 heterocycles. The van der Waals surface area contributed by atoms with Crippen molar-refractivity contribution in [1.29, 1.82) is 0 Å². The Kier molecular flexibility index (Phi) is 2.91. The average Bonchev–Trinajstić information content (AvgIpc) is 3.14. The number of aryl methyl sites for hydroxylation is 2. The maximum absolute atomic E-state index is 6.11. The second kappa shape index (κ2) is 5.02. The predicted octanol–water partition coefficient (Wildman–Crippen LogP) is 2.82. The molecule has 0 amide bonds. The van der Waals surface area contributed by atoms with Gasteiger partial charge in [0.2, 0.25) is 6.33 Å². The first-order valence-electron chi connectivity index (χ1n) is 8.47. The van der Waals surface area contributed by atoms with Gasteiger partial charge < -0.3 is 4.74 Å². The standard InChI is InChI=1S/C20H20N3O/c1-13-7-14(2)9-16(8-13)23-12-22-19(21-23)11-24-18-10-15-5-3-4-6-17(15)20(18)22/h3-9,12,18,20H,10-11H2,1-2H3/q+1/t18-,20+/m1/s1. The second-order valence-corrected chi connectivity index (χ2v) is 6.93. The molecule has 0 unspecified atom stereocenters. The molecule has 2 atom stereocenters. The number of fused-ring (bicyclic) bond motifs is 5. The number of benzene rings is 2. The summed E-state index contributed by atoms with van der Waals surface area (Å²) in [7, 11) is 0. The van der Waals surface area contributed by atoms with Crippen molar-refractivity contribution >= 4 is 0 Å². The highest BCUT2D eigenvalue weighted by atomic mass is 16.5. The van der Waals surface area contributed by atoms with Gasteiger partial charge in [0.15, 0.2) is 0 Å². The first-order chi connectivity index (χ1) is 11.7. The highest BCUT2D eigenvalue weighted by Gasteiger charge is 2.43. The molecule has 4 heteroatoms. The van der Waals surface area contributed by atoms with Gasteiger partial charge in [-0.15, -0.1) is 0 Å². The van der Waals surface area contributed by atoms with E-state index in [1.807, 2.05) is 4.68 Å². The Labute approximate surface area is 141 Å². The van der Waals surface area contributed by atoms with Crippen LogP contribution < -0.4 is 4.57 Å². The van der Waals surface area contributed by atoms with Gasteiger partial charge in [0.25, 0.3) is 0 Å². The summed E-state index contributed by atoms with van der Waals surface area (Å²) in [6.45, 7) is 4.83. The summed E-state index contributed by atoms with van der Waals surface area (Å²) < 4.78 is 10.4. The van der Waals surface area contributed by atoms with E-state index in [9.17, 15) is 0 Å². The van der Waals surface area contributed by atoms with Crippen molar-refractivity contribution in [2.24, 2.45) is 0 Å².